The Balaban J connectivity index is 1.71. The Morgan fingerprint density at radius 3 is 2.34 bits per heavy atom. The van der Waals surface area contributed by atoms with Gasteiger partial charge in [0.25, 0.3) is 0 Å². The SMILES string of the molecule is CC(C)N1CCN(S(=O)(=O)c2cc(-c3cccc(Cl)c3S(=O)(=O)NC3CCNC3)ccc2Cl)CC1. The van der Waals surface area contributed by atoms with E-state index in [9.17, 15) is 16.8 Å². The van der Waals surface area contributed by atoms with Crippen LogP contribution >= 0.6 is 23.2 Å². The van der Waals surface area contributed by atoms with Crippen LogP contribution in [0.25, 0.3) is 11.1 Å². The zero-order valence-electron chi connectivity index (χ0n) is 19.7. The lowest BCUT2D eigenvalue weighted by Crippen LogP contribution is -2.50. The summed E-state index contributed by atoms with van der Waals surface area (Å²) in [4.78, 5) is 2.09. The van der Waals surface area contributed by atoms with Crippen molar-refractivity contribution in [1.82, 2.24) is 19.2 Å². The first-order valence-electron chi connectivity index (χ1n) is 11.6. The number of nitrogens with one attached hydrogen (secondary N) is 2. The van der Waals surface area contributed by atoms with Crippen LogP contribution in [0.1, 0.15) is 20.3 Å². The lowest BCUT2D eigenvalue weighted by molar-refractivity contribution is 0.154. The molecule has 2 N–H and O–H groups in total. The van der Waals surface area contributed by atoms with Gasteiger partial charge in [0.15, 0.2) is 0 Å². The lowest BCUT2D eigenvalue weighted by Gasteiger charge is -2.36. The molecule has 0 aromatic heterocycles. The minimum Gasteiger partial charge on any atom is -0.315 e. The van der Waals surface area contributed by atoms with Crippen LogP contribution in [0, 0.1) is 0 Å². The summed E-state index contributed by atoms with van der Waals surface area (Å²) in [7, 11) is -7.85. The molecule has 0 spiro atoms. The fourth-order valence-corrected chi connectivity index (χ4v) is 8.47. The van der Waals surface area contributed by atoms with Crippen LogP contribution in [-0.2, 0) is 20.0 Å². The maximum atomic E-state index is 13.5. The second kappa shape index (κ2) is 10.6. The van der Waals surface area contributed by atoms with Gasteiger partial charge in [0.1, 0.15) is 9.79 Å². The summed E-state index contributed by atoms with van der Waals surface area (Å²) in [6, 6.07) is 9.40. The molecule has 0 radical (unpaired) electrons. The number of piperazine rings is 1. The highest BCUT2D eigenvalue weighted by Crippen LogP contribution is 2.36. The number of halogens is 2. The molecule has 0 amide bonds. The molecule has 192 valence electrons. The van der Waals surface area contributed by atoms with Crippen molar-refractivity contribution < 1.29 is 16.8 Å². The predicted molar refractivity (Wildman–Crippen MR) is 139 cm³/mol. The van der Waals surface area contributed by atoms with E-state index in [-0.39, 0.29) is 25.9 Å². The van der Waals surface area contributed by atoms with E-state index in [1.165, 1.54) is 22.5 Å². The van der Waals surface area contributed by atoms with Gasteiger partial charge in [-0.2, -0.15) is 4.31 Å². The van der Waals surface area contributed by atoms with Gasteiger partial charge in [-0.1, -0.05) is 41.4 Å². The Hall–Kier alpha value is -1.24. The van der Waals surface area contributed by atoms with Gasteiger partial charge in [-0.25, -0.2) is 21.6 Å². The van der Waals surface area contributed by atoms with E-state index in [2.05, 4.69) is 28.8 Å². The molecule has 2 aromatic carbocycles. The summed E-state index contributed by atoms with van der Waals surface area (Å²) < 4.78 is 57.8. The smallest absolute Gasteiger partial charge is 0.244 e. The Morgan fingerprint density at radius 2 is 1.71 bits per heavy atom. The maximum absolute atomic E-state index is 13.5. The number of sulfonamides is 2. The molecule has 12 heteroatoms. The fourth-order valence-electron chi connectivity index (χ4n) is 4.51. The van der Waals surface area contributed by atoms with Crippen molar-refractivity contribution in [3.05, 3.63) is 46.4 Å². The minimum atomic E-state index is -3.97. The van der Waals surface area contributed by atoms with Crippen molar-refractivity contribution >= 4 is 43.2 Å². The molecule has 2 aromatic rings. The van der Waals surface area contributed by atoms with Gasteiger partial charge < -0.3 is 5.32 Å². The molecule has 2 aliphatic rings. The van der Waals surface area contributed by atoms with Crippen molar-refractivity contribution in [2.45, 2.75) is 42.1 Å². The largest absolute Gasteiger partial charge is 0.315 e. The molecule has 0 bridgehead atoms. The van der Waals surface area contributed by atoms with Gasteiger partial charge in [0.2, 0.25) is 20.0 Å². The quantitative estimate of drug-likeness (QED) is 0.540. The Kier molecular flexibility index (Phi) is 8.14. The van der Waals surface area contributed by atoms with Crippen LogP contribution < -0.4 is 10.0 Å². The third-order valence-electron chi connectivity index (χ3n) is 6.48. The van der Waals surface area contributed by atoms with Crippen LogP contribution in [0.3, 0.4) is 0 Å². The Labute approximate surface area is 217 Å². The molecule has 1 unspecified atom stereocenters. The van der Waals surface area contributed by atoms with Gasteiger partial charge in [-0.05, 0) is 50.6 Å². The third kappa shape index (κ3) is 5.70. The number of rotatable bonds is 7. The zero-order chi connectivity index (χ0) is 25.4. The van der Waals surface area contributed by atoms with Crippen LogP contribution in [0.5, 0.6) is 0 Å². The molecule has 35 heavy (non-hydrogen) atoms. The topological polar surface area (TPSA) is 98.8 Å². The Bertz CT molecular complexity index is 1290. The van der Waals surface area contributed by atoms with Crippen molar-refractivity contribution in [2.75, 3.05) is 39.3 Å². The van der Waals surface area contributed by atoms with E-state index in [0.29, 0.717) is 56.3 Å². The molecular weight excluding hydrogens is 531 g/mol. The summed E-state index contributed by atoms with van der Waals surface area (Å²) in [6.07, 6.45) is 0.673. The summed E-state index contributed by atoms with van der Waals surface area (Å²) >= 11 is 12.7. The second-order valence-corrected chi connectivity index (χ2v) is 13.5. The lowest BCUT2D eigenvalue weighted by atomic mass is 10.1. The number of nitrogens with zero attached hydrogens (tertiary/aromatic N) is 2. The van der Waals surface area contributed by atoms with Gasteiger partial charge in [0, 0.05) is 50.4 Å². The van der Waals surface area contributed by atoms with E-state index in [0.717, 1.165) is 6.54 Å². The number of benzene rings is 2. The van der Waals surface area contributed by atoms with Crippen molar-refractivity contribution in [2.24, 2.45) is 0 Å². The van der Waals surface area contributed by atoms with Crippen LogP contribution in [-0.4, -0.2) is 77.4 Å². The first kappa shape index (κ1) is 26.8. The van der Waals surface area contributed by atoms with Crippen LogP contribution in [0.4, 0.5) is 0 Å². The highest BCUT2D eigenvalue weighted by Gasteiger charge is 2.32. The molecule has 2 saturated heterocycles. The minimum absolute atomic E-state index is 0.0501. The standard InChI is InChI=1S/C23H30Cl2N4O4S2/c1-16(2)28-10-12-29(13-11-28)35(32,33)22-14-17(6-7-20(22)24)19-4-3-5-21(25)23(19)34(30,31)27-18-8-9-26-15-18/h3-7,14,16,18,26-27H,8-13,15H2,1-2H3. The predicted octanol–water partition coefficient (Wildman–Crippen LogP) is 3.02. The normalized spacial score (nSPS) is 20.5. The molecule has 8 nitrogen and oxygen atoms in total. The highest BCUT2D eigenvalue weighted by atomic mass is 35.5. The van der Waals surface area contributed by atoms with Crippen LogP contribution in [0.15, 0.2) is 46.2 Å². The molecule has 0 saturated carbocycles. The van der Waals surface area contributed by atoms with Gasteiger partial charge >= 0.3 is 0 Å². The first-order valence-corrected chi connectivity index (χ1v) is 15.2. The summed E-state index contributed by atoms with van der Waals surface area (Å²) in [6.45, 7) is 7.41. The summed E-state index contributed by atoms with van der Waals surface area (Å²) in [5, 5.41) is 3.27. The average Bonchev–Trinajstić information content (AvgIpc) is 3.31. The molecule has 2 aliphatic heterocycles. The molecule has 2 heterocycles. The summed E-state index contributed by atoms with van der Waals surface area (Å²) in [5.74, 6) is 0. The maximum Gasteiger partial charge on any atom is 0.244 e. The monoisotopic (exact) mass is 560 g/mol. The first-order chi connectivity index (χ1) is 16.5. The number of hydrogen-bond acceptors (Lipinski definition) is 6. The molecule has 0 aliphatic carbocycles. The molecule has 1 atom stereocenters. The highest BCUT2D eigenvalue weighted by molar-refractivity contribution is 7.90. The summed E-state index contributed by atoms with van der Waals surface area (Å²) in [5.41, 5.74) is 0.718. The second-order valence-electron chi connectivity index (χ2n) is 9.11. The zero-order valence-corrected chi connectivity index (χ0v) is 22.8. The van der Waals surface area contributed by atoms with E-state index in [1.807, 2.05) is 0 Å². The van der Waals surface area contributed by atoms with Gasteiger partial charge in [-0.15, -0.1) is 0 Å². The van der Waals surface area contributed by atoms with E-state index < -0.39 is 20.0 Å². The molecule has 2 fully saturated rings. The third-order valence-corrected chi connectivity index (χ3v) is 10.9. The van der Waals surface area contributed by atoms with E-state index >= 15 is 0 Å². The molecular formula is C23H30Cl2N4O4S2. The Morgan fingerprint density at radius 1 is 1.00 bits per heavy atom. The van der Waals surface area contributed by atoms with Crippen molar-refractivity contribution in [3.63, 3.8) is 0 Å². The van der Waals surface area contributed by atoms with E-state index in [1.54, 1.807) is 18.2 Å². The van der Waals surface area contributed by atoms with Crippen LogP contribution in [0.2, 0.25) is 10.0 Å². The van der Waals surface area contributed by atoms with Crippen molar-refractivity contribution in [1.29, 1.82) is 0 Å². The average molecular weight is 562 g/mol. The fraction of sp³-hybridized carbons (Fsp3) is 0.478. The van der Waals surface area contributed by atoms with Gasteiger partial charge in [-0.3, -0.25) is 4.90 Å². The number of hydrogen-bond donors (Lipinski definition) is 2. The van der Waals surface area contributed by atoms with E-state index in [4.69, 9.17) is 23.2 Å². The van der Waals surface area contributed by atoms with Gasteiger partial charge in [0.05, 0.1) is 10.0 Å². The van der Waals surface area contributed by atoms with Crippen molar-refractivity contribution in [3.8, 4) is 11.1 Å². The molecule has 4 rings (SSSR count).